The van der Waals surface area contributed by atoms with Gasteiger partial charge in [0.25, 0.3) is 0 Å². The lowest BCUT2D eigenvalue weighted by Crippen LogP contribution is -2.31. The molecule has 1 rings (SSSR count). The third-order valence-corrected chi connectivity index (χ3v) is 3.68. The minimum Gasteiger partial charge on any atom is -0.327 e. The molecule has 1 unspecified atom stereocenters. The van der Waals surface area contributed by atoms with E-state index in [2.05, 4.69) is 38.8 Å². The number of rotatable bonds is 6. The van der Waals surface area contributed by atoms with Crippen molar-refractivity contribution >= 4 is 11.6 Å². The molecule has 102 valence electrons. The number of hydrogen-bond donors (Lipinski definition) is 1. The highest BCUT2D eigenvalue weighted by Gasteiger charge is 2.09. The molecule has 18 heavy (non-hydrogen) atoms. The van der Waals surface area contributed by atoms with Gasteiger partial charge in [0, 0.05) is 17.6 Å². The molecule has 1 aromatic carbocycles. The molecule has 0 heterocycles. The van der Waals surface area contributed by atoms with Crippen molar-refractivity contribution in [2.45, 2.75) is 39.8 Å². The first-order chi connectivity index (χ1) is 8.40. The van der Waals surface area contributed by atoms with E-state index in [-0.39, 0.29) is 0 Å². The van der Waals surface area contributed by atoms with E-state index in [1.807, 2.05) is 12.1 Å². The van der Waals surface area contributed by atoms with Crippen molar-refractivity contribution in [1.29, 1.82) is 0 Å². The Labute approximate surface area is 116 Å². The predicted molar refractivity (Wildman–Crippen MR) is 80.0 cm³/mol. The number of benzene rings is 1. The van der Waals surface area contributed by atoms with Crippen molar-refractivity contribution in [1.82, 2.24) is 4.90 Å². The summed E-state index contributed by atoms with van der Waals surface area (Å²) in [5, 5.41) is 0.806. The summed E-state index contributed by atoms with van der Waals surface area (Å²) < 4.78 is 0. The molecule has 0 saturated carbocycles. The van der Waals surface area contributed by atoms with Gasteiger partial charge >= 0.3 is 0 Å². The molecule has 0 spiro atoms. The molecule has 2 N–H and O–H groups in total. The quantitative estimate of drug-likeness (QED) is 0.856. The molecule has 0 aliphatic carbocycles. The lowest BCUT2D eigenvalue weighted by atomic mass is 10.0. The smallest absolute Gasteiger partial charge is 0.0408 e. The second kappa shape index (κ2) is 7.13. The largest absolute Gasteiger partial charge is 0.327 e. The van der Waals surface area contributed by atoms with Crippen LogP contribution in [0.3, 0.4) is 0 Å². The summed E-state index contributed by atoms with van der Waals surface area (Å²) in [4.78, 5) is 2.32. The maximum atomic E-state index is 6.06. The molecule has 0 saturated heterocycles. The third-order valence-electron chi connectivity index (χ3n) is 3.45. The van der Waals surface area contributed by atoms with E-state index in [4.69, 9.17) is 17.3 Å². The van der Waals surface area contributed by atoms with Crippen molar-refractivity contribution in [3.63, 3.8) is 0 Å². The van der Waals surface area contributed by atoms with Crippen molar-refractivity contribution in [3.8, 4) is 0 Å². The Morgan fingerprint density at radius 1 is 1.33 bits per heavy atom. The zero-order chi connectivity index (χ0) is 13.7. The van der Waals surface area contributed by atoms with Crippen LogP contribution in [0.1, 0.15) is 31.4 Å². The lowest BCUT2D eigenvalue weighted by Gasteiger charge is -2.22. The zero-order valence-corrected chi connectivity index (χ0v) is 12.7. The van der Waals surface area contributed by atoms with E-state index in [1.165, 1.54) is 11.1 Å². The Kier molecular flexibility index (Phi) is 6.13. The summed E-state index contributed by atoms with van der Waals surface area (Å²) in [7, 11) is 2.14. The van der Waals surface area contributed by atoms with Gasteiger partial charge in [0.1, 0.15) is 0 Å². The van der Waals surface area contributed by atoms with Gasteiger partial charge in [0.15, 0.2) is 0 Å². The first-order valence-corrected chi connectivity index (χ1v) is 6.97. The van der Waals surface area contributed by atoms with Gasteiger partial charge in [-0.3, -0.25) is 0 Å². The van der Waals surface area contributed by atoms with Gasteiger partial charge in [-0.05, 0) is 56.1 Å². The van der Waals surface area contributed by atoms with Gasteiger partial charge in [-0.1, -0.05) is 31.5 Å². The SMILES string of the molecule is Cc1cc(Cl)ccc1CN(C)CCC(N)C(C)C. The van der Waals surface area contributed by atoms with Crippen molar-refractivity contribution in [2.75, 3.05) is 13.6 Å². The highest BCUT2D eigenvalue weighted by atomic mass is 35.5. The molecule has 0 fully saturated rings. The van der Waals surface area contributed by atoms with Crippen molar-refractivity contribution in [3.05, 3.63) is 34.3 Å². The molecular weight excluding hydrogens is 244 g/mol. The molecule has 0 amide bonds. The van der Waals surface area contributed by atoms with E-state index < -0.39 is 0 Å². The van der Waals surface area contributed by atoms with Crippen LogP contribution < -0.4 is 5.73 Å². The fraction of sp³-hybridized carbons (Fsp3) is 0.600. The Balaban J connectivity index is 2.47. The maximum absolute atomic E-state index is 6.06. The van der Waals surface area contributed by atoms with Gasteiger partial charge < -0.3 is 10.6 Å². The minimum atomic E-state index is 0.291. The number of halogens is 1. The Morgan fingerprint density at radius 3 is 2.56 bits per heavy atom. The fourth-order valence-corrected chi connectivity index (χ4v) is 2.14. The van der Waals surface area contributed by atoms with Crippen LogP contribution in [-0.4, -0.2) is 24.5 Å². The molecule has 0 bridgehead atoms. The van der Waals surface area contributed by atoms with Crippen LogP contribution in [0.4, 0.5) is 0 Å². The molecular formula is C15H25ClN2. The normalized spacial score (nSPS) is 13.3. The second-order valence-electron chi connectivity index (χ2n) is 5.51. The topological polar surface area (TPSA) is 29.3 Å². The van der Waals surface area contributed by atoms with E-state index in [9.17, 15) is 0 Å². The summed E-state index contributed by atoms with van der Waals surface area (Å²) in [6.07, 6.45) is 1.04. The summed E-state index contributed by atoms with van der Waals surface area (Å²) in [6, 6.07) is 6.37. The van der Waals surface area contributed by atoms with Crippen LogP contribution in [-0.2, 0) is 6.54 Å². The van der Waals surface area contributed by atoms with Gasteiger partial charge in [-0.15, -0.1) is 0 Å². The highest BCUT2D eigenvalue weighted by molar-refractivity contribution is 6.30. The van der Waals surface area contributed by atoms with Crippen LogP contribution in [0, 0.1) is 12.8 Å². The first-order valence-electron chi connectivity index (χ1n) is 6.59. The lowest BCUT2D eigenvalue weighted by molar-refractivity contribution is 0.296. The van der Waals surface area contributed by atoms with E-state index in [0.29, 0.717) is 12.0 Å². The molecule has 0 aliphatic rings. The van der Waals surface area contributed by atoms with Crippen LogP contribution in [0.5, 0.6) is 0 Å². The average molecular weight is 269 g/mol. The summed E-state index contributed by atoms with van der Waals surface area (Å²) >= 11 is 5.96. The monoisotopic (exact) mass is 268 g/mol. The van der Waals surface area contributed by atoms with E-state index >= 15 is 0 Å². The Morgan fingerprint density at radius 2 is 2.00 bits per heavy atom. The number of aryl methyl sites for hydroxylation is 1. The van der Waals surface area contributed by atoms with Crippen molar-refractivity contribution in [2.24, 2.45) is 11.7 Å². The summed E-state index contributed by atoms with van der Waals surface area (Å²) in [6.45, 7) is 8.44. The molecule has 3 heteroatoms. The Hall–Kier alpha value is -0.570. The second-order valence-corrected chi connectivity index (χ2v) is 5.94. The molecule has 0 aliphatic heterocycles. The van der Waals surface area contributed by atoms with Gasteiger partial charge in [0.2, 0.25) is 0 Å². The molecule has 0 radical (unpaired) electrons. The summed E-state index contributed by atoms with van der Waals surface area (Å²) in [5.41, 5.74) is 8.65. The van der Waals surface area contributed by atoms with Crippen LogP contribution in [0.25, 0.3) is 0 Å². The number of nitrogens with zero attached hydrogens (tertiary/aromatic N) is 1. The Bertz CT molecular complexity index is 377. The van der Waals surface area contributed by atoms with Crippen LogP contribution >= 0.6 is 11.6 Å². The van der Waals surface area contributed by atoms with Crippen LogP contribution in [0.15, 0.2) is 18.2 Å². The highest BCUT2D eigenvalue weighted by Crippen LogP contribution is 2.16. The predicted octanol–water partition coefficient (Wildman–Crippen LogP) is 3.45. The summed E-state index contributed by atoms with van der Waals surface area (Å²) in [5.74, 6) is 0.552. The number of nitrogens with two attached hydrogens (primary N) is 1. The van der Waals surface area contributed by atoms with Gasteiger partial charge in [-0.2, -0.15) is 0 Å². The van der Waals surface area contributed by atoms with E-state index in [1.54, 1.807) is 0 Å². The molecule has 2 nitrogen and oxygen atoms in total. The molecule has 1 atom stereocenters. The maximum Gasteiger partial charge on any atom is 0.0408 e. The third kappa shape index (κ3) is 4.97. The van der Waals surface area contributed by atoms with Gasteiger partial charge in [-0.25, -0.2) is 0 Å². The minimum absolute atomic E-state index is 0.291. The molecule has 0 aromatic heterocycles. The average Bonchev–Trinajstić information content (AvgIpc) is 2.29. The number of hydrogen-bond acceptors (Lipinski definition) is 2. The van der Waals surface area contributed by atoms with Crippen molar-refractivity contribution < 1.29 is 0 Å². The zero-order valence-electron chi connectivity index (χ0n) is 11.9. The van der Waals surface area contributed by atoms with Crippen LogP contribution in [0.2, 0.25) is 5.02 Å². The van der Waals surface area contributed by atoms with Gasteiger partial charge in [0.05, 0.1) is 0 Å². The van der Waals surface area contributed by atoms with E-state index in [0.717, 1.165) is 24.5 Å². The first kappa shape index (κ1) is 15.5. The molecule has 1 aromatic rings. The fourth-order valence-electron chi connectivity index (χ4n) is 1.91. The standard InChI is InChI=1S/C15H25ClN2/c1-11(2)15(17)7-8-18(4)10-13-5-6-14(16)9-12(13)3/h5-6,9,11,15H,7-8,10,17H2,1-4H3.